The van der Waals surface area contributed by atoms with Crippen molar-refractivity contribution in [2.75, 3.05) is 50.1 Å². The van der Waals surface area contributed by atoms with Crippen molar-refractivity contribution >= 4 is 23.6 Å². The molecular weight excluding hydrogens is 423 g/mol. The second-order valence-electron chi connectivity index (χ2n) is 6.38. The van der Waals surface area contributed by atoms with Gasteiger partial charge in [0.1, 0.15) is 18.9 Å². The van der Waals surface area contributed by atoms with Gasteiger partial charge in [-0.3, -0.25) is 9.36 Å². The predicted octanol–water partition coefficient (Wildman–Crippen LogP) is 1.96. The molecule has 3 rings (SSSR count). The Hall–Kier alpha value is -2.47. The normalized spacial score (nSPS) is 14.6. The number of para-hydroxylation sites is 1. The Kier molecular flexibility index (Phi) is 7.80. The number of carbonyl (C=O) groups excluding carboxylic acids is 1. The van der Waals surface area contributed by atoms with E-state index in [0.717, 1.165) is 16.3 Å². The third-order valence-electron chi connectivity index (χ3n) is 4.10. The average Bonchev–Trinajstić information content (AvgIpc) is 3.12. The van der Waals surface area contributed by atoms with Gasteiger partial charge in [0.2, 0.25) is 11.9 Å². The topological polar surface area (TPSA) is 81.5 Å². The molecule has 1 saturated heterocycles. The van der Waals surface area contributed by atoms with Gasteiger partial charge in [-0.25, -0.2) is 0 Å². The van der Waals surface area contributed by atoms with Gasteiger partial charge in [0, 0.05) is 13.1 Å². The van der Waals surface area contributed by atoms with E-state index < -0.39 is 12.7 Å². The zero-order valence-corrected chi connectivity index (χ0v) is 16.9. The van der Waals surface area contributed by atoms with E-state index >= 15 is 0 Å². The van der Waals surface area contributed by atoms with Crippen LogP contribution in [0, 0.1) is 0 Å². The molecule has 0 spiro atoms. The minimum Gasteiger partial charge on any atom is -0.492 e. The first-order valence-electron chi connectivity index (χ1n) is 9.32. The highest BCUT2D eigenvalue weighted by atomic mass is 32.2. The summed E-state index contributed by atoms with van der Waals surface area (Å²) >= 11 is 0.914. The van der Waals surface area contributed by atoms with Crippen molar-refractivity contribution in [3.8, 4) is 5.75 Å². The van der Waals surface area contributed by atoms with Crippen LogP contribution in [0.15, 0.2) is 35.5 Å². The molecule has 0 saturated carbocycles. The van der Waals surface area contributed by atoms with Gasteiger partial charge in [0.15, 0.2) is 5.16 Å². The molecule has 1 aliphatic heterocycles. The number of aromatic nitrogens is 3. The summed E-state index contributed by atoms with van der Waals surface area (Å²) in [5, 5.41) is 10.5. The first-order valence-corrected chi connectivity index (χ1v) is 10.3. The minimum atomic E-state index is -4.43. The number of anilines is 1. The number of ether oxygens (including phenoxy) is 2. The lowest BCUT2D eigenvalue weighted by atomic mass is 10.3. The summed E-state index contributed by atoms with van der Waals surface area (Å²) in [4.78, 5) is 13.7. The van der Waals surface area contributed by atoms with Crippen molar-refractivity contribution in [3.05, 3.63) is 30.3 Å². The van der Waals surface area contributed by atoms with E-state index in [1.165, 1.54) is 0 Å². The lowest BCUT2D eigenvalue weighted by Gasteiger charge is -2.28. The van der Waals surface area contributed by atoms with E-state index in [-0.39, 0.29) is 35.9 Å². The Balaban J connectivity index is 1.52. The highest BCUT2D eigenvalue weighted by Crippen LogP contribution is 2.27. The molecule has 12 heteroatoms. The second kappa shape index (κ2) is 10.5. The molecule has 0 radical (unpaired) electrons. The van der Waals surface area contributed by atoms with Crippen LogP contribution in [0.2, 0.25) is 0 Å². The number of thioether (sulfide) groups is 1. The van der Waals surface area contributed by atoms with Crippen LogP contribution in [0.1, 0.15) is 0 Å². The van der Waals surface area contributed by atoms with E-state index in [2.05, 4.69) is 15.5 Å². The summed E-state index contributed by atoms with van der Waals surface area (Å²) in [5.41, 5.74) is 0. The standard InChI is InChI=1S/C18H22F3N5O3S/c19-18(20,21)13-26-16(25-7-10-28-11-8-25)23-24-17(26)30-12-15(27)22-6-9-29-14-4-2-1-3-5-14/h1-5H,6-13H2,(H,22,27). The Labute approximate surface area is 175 Å². The Bertz CT molecular complexity index is 813. The van der Waals surface area contributed by atoms with E-state index in [4.69, 9.17) is 9.47 Å². The fourth-order valence-corrected chi connectivity index (χ4v) is 3.52. The molecule has 1 aliphatic rings. The van der Waals surface area contributed by atoms with Gasteiger partial charge in [0.05, 0.1) is 25.5 Å². The third kappa shape index (κ3) is 6.80. The maximum Gasteiger partial charge on any atom is 0.406 e. The zero-order chi connectivity index (χ0) is 21.4. The number of hydrogen-bond donors (Lipinski definition) is 1. The number of morpholine rings is 1. The fraction of sp³-hybridized carbons (Fsp3) is 0.500. The second-order valence-corrected chi connectivity index (χ2v) is 7.33. The molecule has 1 fully saturated rings. The Morgan fingerprint density at radius 1 is 1.20 bits per heavy atom. The SMILES string of the molecule is O=C(CSc1nnc(N2CCOCC2)n1CC(F)(F)F)NCCOc1ccccc1. The first kappa shape index (κ1) is 22.2. The summed E-state index contributed by atoms with van der Waals surface area (Å²) in [6.45, 7) is 1.03. The highest BCUT2D eigenvalue weighted by Gasteiger charge is 2.33. The number of nitrogens with one attached hydrogen (secondary N) is 1. The molecule has 2 heterocycles. The summed E-state index contributed by atoms with van der Waals surface area (Å²) in [5.74, 6) is 0.419. The number of alkyl halides is 3. The minimum absolute atomic E-state index is 0.0458. The third-order valence-corrected chi connectivity index (χ3v) is 5.06. The molecule has 164 valence electrons. The number of nitrogens with zero attached hydrogens (tertiary/aromatic N) is 4. The van der Waals surface area contributed by atoms with Crippen molar-refractivity contribution in [1.29, 1.82) is 0 Å². The number of halogens is 3. The Morgan fingerprint density at radius 3 is 2.63 bits per heavy atom. The number of benzene rings is 1. The molecule has 1 amide bonds. The predicted molar refractivity (Wildman–Crippen MR) is 105 cm³/mol. The lowest BCUT2D eigenvalue weighted by Crippen LogP contribution is -2.38. The van der Waals surface area contributed by atoms with Crippen LogP contribution in [0.5, 0.6) is 5.75 Å². The monoisotopic (exact) mass is 445 g/mol. The van der Waals surface area contributed by atoms with E-state index in [1.54, 1.807) is 17.0 Å². The molecule has 1 aromatic carbocycles. The fourth-order valence-electron chi connectivity index (χ4n) is 2.76. The molecule has 1 aromatic heterocycles. The van der Waals surface area contributed by atoms with Crippen molar-refractivity contribution in [3.63, 3.8) is 0 Å². The lowest BCUT2D eigenvalue weighted by molar-refractivity contribution is -0.141. The highest BCUT2D eigenvalue weighted by molar-refractivity contribution is 7.99. The molecule has 0 bridgehead atoms. The number of hydrogen-bond acceptors (Lipinski definition) is 7. The van der Waals surface area contributed by atoms with Crippen LogP contribution >= 0.6 is 11.8 Å². The van der Waals surface area contributed by atoms with Crippen LogP contribution in [0.3, 0.4) is 0 Å². The van der Waals surface area contributed by atoms with Crippen LogP contribution in [-0.2, 0) is 16.1 Å². The smallest absolute Gasteiger partial charge is 0.406 e. The summed E-state index contributed by atoms with van der Waals surface area (Å²) < 4.78 is 50.9. The van der Waals surface area contributed by atoms with Crippen molar-refractivity contribution in [2.24, 2.45) is 0 Å². The van der Waals surface area contributed by atoms with Crippen LogP contribution in [0.25, 0.3) is 0 Å². The molecule has 0 atom stereocenters. The van der Waals surface area contributed by atoms with E-state index in [1.807, 2.05) is 18.2 Å². The van der Waals surface area contributed by atoms with Gasteiger partial charge in [-0.2, -0.15) is 13.2 Å². The van der Waals surface area contributed by atoms with Crippen molar-refractivity contribution < 1.29 is 27.4 Å². The quantitative estimate of drug-likeness (QED) is 0.467. The zero-order valence-electron chi connectivity index (χ0n) is 16.1. The summed E-state index contributed by atoms with van der Waals surface area (Å²) in [6, 6.07) is 9.15. The molecule has 0 unspecified atom stereocenters. The maximum atomic E-state index is 13.1. The molecule has 2 aromatic rings. The van der Waals surface area contributed by atoms with Gasteiger partial charge in [-0.05, 0) is 12.1 Å². The van der Waals surface area contributed by atoms with E-state index in [0.29, 0.717) is 32.1 Å². The number of carbonyl (C=O) groups is 1. The van der Waals surface area contributed by atoms with E-state index in [9.17, 15) is 18.0 Å². The largest absolute Gasteiger partial charge is 0.492 e. The van der Waals surface area contributed by atoms with Crippen molar-refractivity contribution in [2.45, 2.75) is 17.9 Å². The summed E-state index contributed by atoms with van der Waals surface area (Å²) in [6.07, 6.45) is -4.43. The van der Waals surface area contributed by atoms with Gasteiger partial charge in [-0.1, -0.05) is 30.0 Å². The van der Waals surface area contributed by atoms with Gasteiger partial charge in [-0.15, -0.1) is 10.2 Å². The van der Waals surface area contributed by atoms with Crippen molar-refractivity contribution in [1.82, 2.24) is 20.1 Å². The molecule has 0 aliphatic carbocycles. The van der Waals surface area contributed by atoms with Crippen LogP contribution in [0.4, 0.5) is 19.1 Å². The van der Waals surface area contributed by atoms with Crippen LogP contribution in [-0.4, -0.2) is 72.1 Å². The van der Waals surface area contributed by atoms with Gasteiger partial charge >= 0.3 is 6.18 Å². The first-order chi connectivity index (χ1) is 14.4. The number of amides is 1. The summed E-state index contributed by atoms with van der Waals surface area (Å²) in [7, 11) is 0. The molecular formula is C18H22F3N5O3S. The molecule has 8 nitrogen and oxygen atoms in total. The molecule has 1 N–H and O–H groups in total. The molecule has 30 heavy (non-hydrogen) atoms. The van der Waals surface area contributed by atoms with Crippen LogP contribution < -0.4 is 15.0 Å². The Morgan fingerprint density at radius 2 is 1.93 bits per heavy atom. The van der Waals surface area contributed by atoms with Gasteiger partial charge < -0.3 is 19.7 Å². The van der Waals surface area contributed by atoms with Gasteiger partial charge in [0.25, 0.3) is 0 Å². The average molecular weight is 445 g/mol. The maximum absolute atomic E-state index is 13.1. The number of rotatable bonds is 9.